The molecule has 0 aromatic carbocycles. The third-order valence-corrected chi connectivity index (χ3v) is 0.755. The van der Waals surface area contributed by atoms with Crippen LogP contribution in [0.2, 0.25) is 0 Å². The monoisotopic (exact) mass is 162 g/mol. The molecule has 0 unspecified atom stereocenters. The standard InChI is InChI=1S/C2BCl2F3/c4-3(5)1(6)2(7)8. The average molecular weight is 163 g/mol. The maximum Gasteiger partial charge on any atom is 0.419 e. The Morgan fingerprint density at radius 2 is 1.50 bits per heavy atom. The highest BCUT2D eigenvalue weighted by Gasteiger charge is 2.18. The minimum absolute atomic E-state index is 1.75. The van der Waals surface area contributed by atoms with E-state index >= 15 is 0 Å². The summed E-state index contributed by atoms with van der Waals surface area (Å²) < 4.78 is 33.5. The molecular weight excluding hydrogens is 163 g/mol. The van der Waals surface area contributed by atoms with E-state index in [4.69, 9.17) is 0 Å². The summed E-state index contributed by atoms with van der Waals surface area (Å²) in [5.74, 6) is 0. The highest BCUT2D eigenvalue weighted by atomic mass is 35.5. The number of halogens is 5. The highest BCUT2D eigenvalue weighted by molar-refractivity contribution is 7.36. The van der Waals surface area contributed by atoms with Gasteiger partial charge in [-0.15, -0.1) is 0 Å². The lowest BCUT2D eigenvalue weighted by Gasteiger charge is -1.86. The van der Waals surface area contributed by atoms with Crippen molar-refractivity contribution in [3.8, 4) is 0 Å². The first-order valence-corrected chi connectivity index (χ1v) is 2.41. The van der Waals surface area contributed by atoms with E-state index in [0.29, 0.717) is 0 Å². The maximum absolute atomic E-state index is 11.5. The molecule has 0 heterocycles. The van der Waals surface area contributed by atoms with Crippen LogP contribution < -0.4 is 0 Å². The van der Waals surface area contributed by atoms with Gasteiger partial charge in [0, 0.05) is 0 Å². The summed E-state index contributed by atoms with van der Waals surface area (Å²) in [5.41, 5.74) is -3.53. The lowest BCUT2D eigenvalue weighted by atomic mass is 10.1. The number of hydrogen-bond acceptors (Lipinski definition) is 0. The van der Waals surface area contributed by atoms with Gasteiger partial charge in [0.05, 0.1) is 0 Å². The minimum Gasteiger partial charge on any atom is -0.214 e. The molecule has 0 fully saturated rings. The van der Waals surface area contributed by atoms with Crippen LogP contribution in [0.5, 0.6) is 0 Å². The van der Waals surface area contributed by atoms with Crippen LogP contribution in [0.15, 0.2) is 11.8 Å². The van der Waals surface area contributed by atoms with Gasteiger partial charge in [-0.3, -0.25) is 0 Å². The van der Waals surface area contributed by atoms with Gasteiger partial charge in [0.15, 0.2) is 5.73 Å². The molecule has 0 aromatic heterocycles. The van der Waals surface area contributed by atoms with E-state index in [2.05, 4.69) is 22.9 Å². The summed E-state index contributed by atoms with van der Waals surface area (Å²) in [5, 5.41) is 0. The van der Waals surface area contributed by atoms with Crippen LogP contribution in [0, 0.1) is 0 Å². The Labute approximate surface area is 54.2 Å². The summed E-state index contributed by atoms with van der Waals surface area (Å²) in [6, 6.07) is 0. The average Bonchev–Trinajstić information content (AvgIpc) is 1.64. The molecule has 8 heavy (non-hydrogen) atoms. The van der Waals surface area contributed by atoms with Crippen LogP contribution in [-0.4, -0.2) is 5.54 Å². The fourth-order valence-corrected chi connectivity index (χ4v) is 0.247. The van der Waals surface area contributed by atoms with E-state index in [0.717, 1.165) is 0 Å². The molecule has 0 saturated heterocycles. The fraction of sp³-hybridized carbons (Fsp3) is 0. The van der Waals surface area contributed by atoms with Crippen molar-refractivity contribution in [3.63, 3.8) is 0 Å². The lowest BCUT2D eigenvalue weighted by Crippen LogP contribution is -1.93. The van der Waals surface area contributed by atoms with Crippen molar-refractivity contribution in [2.75, 3.05) is 0 Å². The minimum atomic E-state index is -2.47. The van der Waals surface area contributed by atoms with Gasteiger partial charge in [0.1, 0.15) is 0 Å². The molecule has 0 nitrogen and oxygen atoms in total. The van der Waals surface area contributed by atoms with E-state index in [9.17, 15) is 13.2 Å². The van der Waals surface area contributed by atoms with Crippen LogP contribution in [0.4, 0.5) is 13.2 Å². The molecule has 6 heteroatoms. The lowest BCUT2D eigenvalue weighted by molar-refractivity contribution is 0.393. The largest absolute Gasteiger partial charge is 0.419 e. The Balaban J connectivity index is 4.00. The molecule has 0 saturated carbocycles. The normalized spacial score (nSPS) is 8.62. The van der Waals surface area contributed by atoms with Crippen LogP contribution in [0.3, 0.4) is 0 Å². The summed E-state index contributed by atoms with van der Waals surface area (Å²) in [6.07, 6.45) is -2.47. The third-order valence-electron chi connectivity index (χ3n) is 0.372. The van der Waals surface area contributed by atoms with Crippen LogP contribution in [-0.2, 0) is 0 Å². The zero-order valence-corrected chi connectivity index (χ0v) is 4.98. The molecule has 0 amide bonds. The molecule has 0 bridgehead atoms. The second-order valence-corrected chi connectivity index (χ2v) is 2.01. The van der Waals surface area contributed by atoms with E-state index in [1.54, 1.807) is 0 Å². The molecule has 0 spiro atoms. The summed E-state index contributed by atoms with van der Waals surface area (Å²) in [6.45, 7) is 0. The van der Waals surface area contributed by atoms with Crippen molar-refractivity contribution >= 4 is 28.5 Å². The molecule has 0 aromatic rings. The Bertz CT molecular complexity index is 108. The van der Waals surface area contributed by atoms with E-state index < -0.39 is 17.4 Å². The molecule has 0 N–H and O–H groups in total. The molecule has 0 aliphatic heterocycles. The highest BCUT2D eigenvalue weighted by Crippen LogP contribution is 2.16. The summed E-state index contributed by atoms with van der Waals surface area (Å²) in [4.78, 5) is 0. The van der Waals surface area contributed by atoms with Crippen molar-refractivity contribution < 1.29 is 13.2 Å². The van der Waals surface area contributed by atoms with Crippen molar-refractivity contribution in [2.45, 2.75) is 0 Å². The second kappa shape index (κ2) is 3.25. The first-order chi connectivity index (χ1) is 3.55. The Morgan fingerprint density at radius 1 is 1.12 bits per heavy atom. The SMILES string of the molecule is FC(F)=C(F)B(Cl)Cl. The fourth-order valence-electron chi connectivity index (χ4n) is 0.0825. The van der Waals surface area contributed by atoms with Gasteiger partial charge in [0.2, 0.25) is 0 Å². The molecule has 46 valence electrons. The Morgan fingerprint density at radius 3 is 1.50 bits per heavy atom. The van der Waals surface area contributed by atoms with E-state index in [-0.39, 0.29) is 0 Å². The van der Waals surface area contributed by atoms with Crippen LogP contribution >= 0.6 is 22.9 Å². The smallest absolute Gasteiger partial charge is 0.214 e. The topological polar surface area (TPSA) is 0 Å². The summed E-state index contributed by atoms with van der Waals surface area (Å²) in [7, 11) is 0. The van der Waals surface area contributed by atoms with Crippen molar-refractivity contribution in [3.05, 3.63) is 11.8 Å². The van der Waals surface area contributed by atoms with Crippen molar-refractivity contribution in [2.24, 2.45) is 0 Å². The molecule has 0 aliphatic carbocycles. The first-order valence-electron chi connectivity index (χ1n) is 1.54. The van der Waals surface area contributed by atoms with E-state index in [1.165, 1.54) is 0 Å². The van der Waals surface area contributed by atoms with Crippen molar-refractivity contribution in [1.82, 2.24) is 0 Å². The van der Waals surface area contributed by atoms with Gasteiger partial charge in [-0.2, -0.15) is 31.7 Å². The molecular formula is C2BCl2F3. The molecule has 0 radical (unpaired) electrons. The molecule has 0 atom stereocenters. The Kier molecular flexibility index (Phi) is 3.32. The maximum atomic E-state index is 11.5. The number of hydrogen-bond donors (Lipinski definition) is 0. The summed E-state index contributed by atoms with van der Waals surface area (Å²) >= 11 is 9.35. The second-order valence-electron chi connectivity index (χ2n) is 0.909. The molecule has 0 rings (SSSR count). The van der Waals surface area contributed by atoms with Crippen LogP contribution in [0.1, 0.15) is 0 Å². The van der Waals surface area contributed by atoms with Gasteiger partial charge in [-0.1, -0.05) is 0 Å². The third kappa shape index (κ3) is 2.47. The van der Waals surface area contributed by atoms with Gasteiger partial charge in [0.25, 0.3) is 6.08 Å². The van der Waals surface area contributed by atoms with Gasteiger partial charge in [-0.25, -0.2) is 4.39 Å². The predicted octanol–water partition coefficient (Wildman–Crippen LogP) is 2.57. The predicted molar refractivity (Wildman–Crippen MR) is 27.8 cm³/mol. The zero-order chi connectivity index (χ0) is 6.73. The van der Waals surface area contributed by atoms with Crippen molar-refractivity contribution in [1.29, 1.82) is 0 Å². The van der Waals surface area contributed by atoms with Crippen LogP contribution in [0.25, 0.3) is 0 Å². The quantitative estimate of drug-likeness (QED) is 0.520. The van der Waals surface area contributed by atoms with Gasteiger partial charge >= 0.3 is 5.54 Å². The molecule has 0 aliphatic rings. The van der Waals surface area contributed by atoms with Gasteiger partial charge in [-0.05, 0) is 0 Å². The Hall–Kier alpha value is 0.175. The number of rotatable bonds is 1. The first kappa shape index (κ1) is 8.17. The van der Waals surface area contributed by atoms with Gasteiger partial charge < -0.3 is 0 Å². The van der Waals surface area contributed by atoms with E-state index in [1.807, 2.05) is 0 Å². The zero-order valence-electron chi connectivity index (χ0n) is 3.47.